The van der Waals surface area contributed by atoms with Gasteiger partial charge in [0.2, 0.25) is 5.91 Å². The summed E-state index contributed by atoms with van der Waals surface area (Å²) in [4.78, 5) is 19.9. The van der Waals surface area contributed by atoms with Gasteiger partial charge in [-0.3, -0.25) is 4.79 Å². The summed E-state index contributed by atoms with van der Waals surface area (Å²) in [5, 5.41) is 2.89. The SMILES string of the molecule is O=C(CCSc1ccccc1)NCCc1ncc[nH]1. The van der Waals surface area contributed by atoms with Gasteiger partial charge in [0.05, 0.1) is 0 Å². The Morgan fingerprint density at radius 2 is 2.16 bits per heavy atom. The van der Waals surface area contributed by atoms with Gasteiger partial charge in [-0.05, 0) is 12.1 Å². The molecule has 19 heavy (non-hydrogen) atoms. The van der Waals surface area contributed by atoms with E-state index < -0.39 is 0 Å². The van der Waals surface area contributed by atoms with Gasteiger partial charge in [0.25, 0.3) is 0 Å². The number of carbonyl (C=O) groups excluding carboxylic acids is 1. The molecule has 100 valence electrons. The molecule has 0 radical (unpaired) electrons. The molecule has 0 unspecified atom stereocenters. The number of H-pyrrole nitrogens is 1. The number of rotatable bonds is 7. The van der Waals surface area contributed by atoms with Crippen molar-refractivity contribution in [2.45, 2.75) is 17.7 Å². The maximum Gasteiger partial charge on any atom is 0.220 e. The molecule has 0 aliphatic carbocycles. The van der Waals surface area contributed by atoms with Gasteiger partial charge in [-0.15, -0.1) is 11.8 Å². The molecule has 1 heterocycles. The minimum absolute atomic E-state index is 0.0926. The van der Waals surface area contributed by atoms with Gasteiger partial charge >= 0.3 is 0 Å². The molecule has 1 amide bonds. The molecule has 5 heteroatoms. The van der Waals surface area contributed by atoms with E-state index in [9.17, 15) is 4.79 Å². The van der Waals surface area contributed by atoms with Gasteiger partial charge in [0.1, 0.15) is 5.82 Å². The topological polar surface area (TPSA) is 57.8 Å². The highest BCUT2D eigenvalue weighted by molar-refractivity contribution is 7.99. The lowest BCUT2D eigenvalue weighted by atomic mass is 10.4. The van der Waals surface area contributed by atoms with Crippen molar-refractivity contribution in [3.05, 3.63) is 48.5 Å². The third-order valence-corrected chi connectivity index (χ3v) is 3.59. The second kappa shape index (κ2) is 7.63. The third-order valence-electron chi connectivity index (χ3n) is 2.58. The van der Waals surface area contributed by atoms with Gasteiger partial charge in [0, 0.05) is 42.4 Å². The first-order chi connectivity index (χ1) is 9.34. The summed E-state index contributed by atoms with van der Waals surface area (Å²) in [5.41, 5.74) is 0. The lowest BCUT2D eigenvalue weighted by Gasteiger charge is -2.04. The number of hydrogen-bond acceptors (Lipinski definition) is 3. The Labute approximate surface area is 117 Å². The number of aromatic amines is 1. The van der Waals surface area contributed by atoms with E-state index in [2.05, 4.69) is 27.4 Å². The number of carbonyl (C=O) groups is 1. The van der Waals surface area contributed by atoms with Crippen molar-refractivity contribution >= 4 is 17.7 Å². The summed E-state index contributed by atoms with van der Waals surface area (Å²) < 4.78 is 0. The van der Waals surface area contributed by atoms with Crippen LogP contribution in [0.2, 0.25) is 0 Å². The van der Waals surface area contributed by atoms with Crippen molar-refractivity contribution in [3.63, 3.8) is 0 Å². The van der Waals surface area contributed by atoms with Crippen molar-refractivity contribution in [3.8, 4) is 0 Å². The van der Waals surface area contributed by atoms with E-state index in [4.69, 9.17) is 0 Å². The Bertz CT molecular complexity index is 485. The van der Waals surface area contributed by atoms with Gasteiger partial charge in [0.15, 0.2) is 0 Å². The van der Waals surface area contributed by atoms with Crippen molar-refractivity contribution in [2.24, 2.45) is 0 Å². The van der Waals surface area contributed by atoms with Gasteiger partial charge in [-0.25, -0.2) is 4.98 Å². The van der Waals surface area contributed by atoms with E-state index in [-0.39, 0.29) is 5.91 Å². The van der Waals surface area contributed by atoms with Crippen LogP contribution < -0.4 is 5.32 Å². The van der Waals surface area contributed by atoms with Crippen LogP contribution in [-0.2, 0) is 11.2 Å². The van der Waals surface area contributed by atoms with Crippen LogP contribution in [0.5, 0.6) is 0 Å². The fourth-order valence-electron chi connectivity index (χ4n) is 1.62. The lowest BCUT2D eigenvalue weighted by Crippen LogP contribution is -2.26. The molecule has 2 N–H and O–H groups in total. The molecule has 0 aliphatic rings. The maximum atomic E-state index is 11.6. The molecule has 2 rings (SSSR count). The summed E-state index contributed by atoms with van der Waals surface area (Å²) >= 11 is 1.70. The maximum absolute atomic E-state index is 11.6. The van der Waals surface area contributed by atoms with Crippen LogP contribution in [0.3, 0.4) is 0 Å². The summed E-state index contributed by atoms with van der Waals surface area (Å²) in [5.74, 6) is 1.80. The first-order valence-corrected chi connectivity index (χ1v) is 7.26. The fraction of sp³-hybridized carbons (Fsp3) is 0.286. The van der Waals surface area contributed by atoms with E-state index in [0.717, 1.165) is 18.0 Å². The number of amides is 1. The van der Waals surface area contributed by atoms with Crippen LogP contribution in [0.1, 0.15) is 12.2 Å². The fourth-order valence-corrected chi connectivity index (χ4v) is 2.49. The standard InChI is InChI=1S/C14H17N3OS/c18-14(17-8-6-13-15-9-10-16-13)7-11-19-12-4-2-1-3-5-12/h1-5,9-10H,6-8,11H2,(H,15,16)(H,17,18). The molecule has 2 aromatic rings. The zero-order chi connectivity index (χ0) is 13.3. The molecule has 1 aromatic heterocycles. The minimum Gasteiger partial charge on any atom is -0.356 e. The molecular formula is C14H17N3OS. The second-order valence-corrected chi connectivity index (χ2v) is 5.22. The Kier molecular flexibility index (Phi) is 5.49. The second-order valence-electron chi connectivity index (χ2n) is 4.05. The molecular weight excluding hydrogens is 258 g/mol. The number of aromatic nitrogens is 2. The number of benzene rings is 1. The first kappa shape index (κ1) is 13.7. The summed E-state index contributed by atoms with van der Waals surface area (Å²) in [6.07, 6.45) is 4.78. The lowest BCUT2D eigenvalue weighted by molar-refractivity contribution is -0.120. The van der Waals surface area contributed by atoms with Crippen molar-refractivity contribution in [1.82, 2.24) is 15.3 Å². The van der Waals surface area contributed by atoms with Crippen LogP contribution in [-0.4, -0.2) is 28.2 Å². The number of nitrogens with zero attached hydrogens (tertiary/aromatic N) is 1. The monoisotopic (exact) mass is 275 g/mol. The van der Waals surface area contributed by atoms with E-state index in [1.807, 2.05) is 18.2 Å². The normalized spacial score (nSPS) is 10.3. The summed E-state index contributed by atoms with van der Waals surface area (Å²) in [6, 6.07) is 10.1. The quantitative estimate of drug-likeness (QED) is 0.762. The van der Waals surface area contributed by atoms with E-state index in [1.54, 1.807) is 24.2 Å². The number of nitrogens with one attached hydrogen (secondary N) is 2. The average molecular weight is 275 g/mol. The molecule has 0 saturated heterocycles. The Morgan fingerprint density at radius 3 is 2.89 bits per heavy atom. The number of hydrogen-bond donors (Lipinski definition) is 2. The predicted molar refractivity (Wildman–Crippen MR) is 77.1 cm³/mol. The highest BCUT2D eigenvalue weighted by atomic mass is 32.2. The highest BCUT2D eigenvalue weighted by Crippen LogP contribution is 2.17. The summed E-state index contributed by atoms with van der Waals surface area (Å²) in [6.45, 7) is 0.627. The average Bonchev–Trinajstić information content (AvgIpc) is 2.93. The third kappa shape index (κ3) is 5.18. The molecule has 0 fully saturated rings. The summed E-state index contributed by atoms with van der Waals surface area (Å²) in [7, 11) is 0. The van der Waals surface area contributed by atoms with E-state index in [1.165, 1.54) is 4.90 Å². The van der Waals surface area contributed by atoms with E-state index >= 15 is 0 Å². The number of imidazole rings is 1. The zero-order valence-corrected chi connectivity index (χ0v) is 11.5. The predicted octanol–water partition coefficient (Wildman–Crippen LogP) is 2.25. The number of thioether (sulfide) groups is 1. The van der Waals surface area contributed by atoms with Crippen LogP contribution in [0.4, 0.5) is 0 Å². The molecule has 1 aromatic carbocycles. The van der Waals surface area contributed by atoms with Crippen LogP contribution >= 0.6 is 11.8 Å². The van der Waals surface area contributed by atoms with Crippen LogP contribution in [0.15, 0.2) is 47.6 Å². The largest absolute Gasteiger partial charge is 0.356 e. The van der Waals surface area contributed by atoms with Gasteiger partial charge in [-0.1, -0.05) is 18.2 Å². The molecule has 0 aliphatic heterocycles. The van der Waals surface area contributed by atoms with Crippen molar-refractivity contribution in [2.75, 3.05) is 12.3 Å². The molecule has 4 nitrogen and oxygen atoms in total. The van der Waals surface area contributed by atoms with Gasteiger partial charge < -0.3 is 10.3 Å². The highest BCUT2D eigenvalue weighted by Gasteiger charge is 2.02. The minimum atomic E-state index is 0.0926. The van der Waals surface area contributed by atoms with Crippen molar-refractivity contribution in [1.29, 1.82) is 0 Å². The Balaban J connectivity index is 1.57. The van der Waals surface area contributed by atoms with E-state index in [0.29, 0.717) is 13.0 Å². The van der Waals surface area contributed by atoms with Crippen LogP contribution in [0, 0.1) is 0 Å². The zero-order valence-electron chi connectivity index (χ0n) is 10.6. The van der Waals surface area contributed by atoms with Crippen LogP contribution in [0.25, 0.3) is 0 Å². The molecule has 0 spiro atoms. The van der Waals surface area contributed by atoms with Gasteiger partial charge in [-0.2, -0.15) is 0 Å². The molecule has 0 atom stereocenters. The first-order valence-electron chi connectivity index (χ1n) is 6.27. The molecule has 0 saturated carbocycles. The Morgan fingerprint density at radius 1 is 1.32 bits per heavy atom. The Hall–Kier alpha value is -1.75. The van der Waals surface area contributed by atoms with Crippen molar-refractivity contribution < 1.29 is 4.79 Å². The molecule has 0 bridgehead atoms. The smallest absolute Gasteiger partial charge is 0.220 e.